The number of hydrogen-bond donors (Lipinski definition) is 1. The molecule has 0 radical (unpaired) electrons. The third-order valence-electron chi connectivity index (χ3n) is 3.09. The Kier molecular flexibility index (Phi) is 4.14. The molecule has 9 heteroatoms. The SMILES string of the molecule is O=S(=O)(Nc1cnc(N2CCCC2)nc1)c1ccc(Br)s1. The van der Waals surface area contributed by atoms with Crippen molar-refractivity contribution in [3.05, 3.63) is 28.3 Å². The van der Waals surface area contributed by atoms with Gasteiger partial charge in [0.2, 0.25) is 5.95 Å². The Balaban J connectivity index is 1.75. The minimum atomic E-state index is -3.58. The lowest BCUT2D eigenvalue weighted by Gasteiger charge is -2.14. The number of nitrogens with one attached hydrogen (secondary N) is 1. The molecular weight excluding hydrogens is 376 g/mol. The highest BCUT2D eigenvalue weighted by atomic mass is 79.9. The van der Waals surface area contributed by atoms with Crippen molar-refractivity contribution in [1.29, 1.82) is 0 Å². The number of aromatic nitrogens is 2. The minimum Gasteiger partial charge on any atom is -0.341 e. The van der Waals surface area contributed by atoms with E-state index in [1.807, 2.05) is 0 Å². The largest absolute Gasteiger partial charge is 0.341 e. The fourth-order valence-corrected chi connectivity index (χ4v) is 5.14. The molecule has 21 heavy (non-hydrogen) atoms. The van der Waals surface area contributed by atoms with E-state index in [1.54, 1.807) is 12.1 Å². The molecule has 0 atom stereocenters. The molecule has 1 fully saturated rings. The van der Waals surface area contributed by atoms with Crippen LogP contribution in [0, 0.1) is 0 Å². The monoisotopic (exact) mass is 388 g/mol. The highest BCUT2D eigenvalue weighted by molar-refractivity contribution is 9.11. The van der Waals surface area contributed by atoms with Crippen LogP contribution in [0.4, 0.5) is 11.6 Å². The van der Waals surface area contributed by atoms with Crippen LogP contribution in [-0.2, 0) is 10.0 Å². The molecule has 1 N–H and O–H groups in total. The van der Waals surface area contributed by atoms with Crippen LogP contribution in [0.25, 0.3) is 0 Å². The predicted molar refractivity (Wildman–Crippen MR) is 86.3 cm³/mol. The van der Waals surface area contributed by atoms with Gasteiger partial charge in [-0.3, -0.25) is 4.72 Å². The first kappa shape index (κ1) is 14.7. The van der Waals surface area contributed by atoms with Crippen LogP contribution in [0.2, 0.25) is 0 Å². The van der Waals surface area contributed by atoms with Gasteiger partial charge in [-0.2, -0.15) is 0 Å². The van der Waals surface area contributed by atoms with E-state index in [0.29, 0.717) is 11.6 Å². The van der Waals surface area contributed by atoms with Gasteiger partial charge in [0, 0.05) is 13.1 Å². The van der Waals surface area contributed by atoms with E-state index in [-0.39, 0.29) is 4.21 Å². The topological polar surface area (TPSA) is 75.2 Å². The molecule has 1 aliphatic heterocycles. The second kappa shape index (κ2) is 5.90. The van der Waals surface area contributed by atoms with Crippen molar-refractivity contribution in [2.45, 2.75) is 17.1 Å². The van der Waals surface area contributed by atoms with Crippen LogP contribution < -0.4 is 9.62 Å². The van der Waals surface area contributed by atoms with E-state index in [1.165, 1.54) is 12.4 Å². The van der Waals surface area contributed by atoms with E-state index in [9.17, 15) is 8.42 Å². The van der Waals surface area contributed by atoms with Crippen molar-refractivity contribution in [3.63, 3.8) is 0 Å². The van der Waals surface area contributed by atoms with Gasteiger partial charge in [0.25, 0.3) is 10.0 Å². The maximum Gasteiger partial charge on any atom is 0.271 e. The first-order chi connectivity index (χ1) is 10.0. The summed E-state index contributed by atoms with van der Waals surface area (Å²) in [4.78, 5) is 10.5. The summed E-state index contributed by atoms with van der Waals surface area (Å²) >= 11 is 4.41. The lowest BCUT2D eigenvalue weighted by molar-refractivity contribution is 0.603. The van der Waals surface area contributed by atoms with Crippen LogP contribution in [-0.4, -0.2) is 31.5 Å². The zero-order chi connectivity index (χ0) is 14.9. The molecule has 3 rings (SSSR count). The third-order valence-corrected chi connectivity index (χ3v) is 6.59. The Labute approximate surface area is 135 Å². The molecule has 0 aromatic carbocycles. The summed E-state index contributed by atoms with van der Waals surface area (Å²) in [5, 5.41) is 0. The standard InChI is InChI=1S/C12H13BrN4O2S2/c13-10-3-4-11(20-10)21(18,19)16-9-7-14-12(15-8-9)17-5-1-2-6-17/h3-4,7-8,16H,1-2,5-6H2. The summed E-state index contributed by atoms with van der Waals surface area (Å²) in [7, 11) is -3.58. The number of sulfonamides is 1. The molecule has 0 saturated carbocycles. The van der Waals surface area contributed by atoms with Crippen LogP contribution in [0.15, 0.2) is 32.5 Å². The first-order valence-electron chi connectivity index (χ1n) is 6.40. The van der Waals surface area contributed by atoms with Crippen molar-refractivity contribution >= 4 is 48.9 Å². The molecule has 3 heterocycles. The average Bonchev–Trinajstić information content (AvgIpc) is 3.10. The number of rotatable bonds is 4. The van der Waals surface area contributed by atoms with Crippen molar-refractivity contribution in [3.8, 4) is 0 Å². The molecule has 0 spiro atoms. The van der Waals surface area contributed by atoms with Crippen molar-refractivity contribution < 1.29 is 8.42 Å². The molecule has 0 aliphatic carbocycles. The average molecular weight is 389 g/mol. The Morgan fingerprint density at radius 1 is 1.19 bits per heavy atom. The second-order valence-electron chi connectivity index (χ2n) is 4.63. The molecule has 6 nitrogen and oxygen atoms in total. The van der Waals surface area contributed by atoms with Gasteiger partial charge in [-0.25, -0.2) is 18.4 Å². The van der Waals surface area contributed by atoms with Gasteiger partial charge in [-0.05, 0) is 40.9 Å². The van der Waals surface area contributed by atoms with Crippen LogP contribution in [0.5, 0.6) is 0 Å². The second-order valence-corrected chi connectivity index (χ2v) is 9.00. The number of halogens is 1. The quantitative estimate of drug-likeness (QED) is 0.870. The fraction of sp³-hybridized carbons (Fsp3) is 0.333. The molecule has 1 aliphatic rings. The normalized spacial score (nSPS) is 15.4. The Morgan fingerprint density at radius 3 is 2.43 bits per heavy atom. The zero-order valence-electron chi connectivity index (χ0n) is 11.0. The zero-order valence-corrected chi connectivity index (χ0v) is 14.2. The number of nitrogens with zero attached hydrogens (tertiary/aromatic N) is 3. The van der Waals surface area contributed by atoms with Crippen molar-refractivity contribution in [2.75, 3.05) is 22.7 Å². The smallest absolute Gasteiger partial charge is 0.271 e. The molecule has 0 amide bonds. The van der Waals surface area contributed by atoms with E-state index in [0.717, 1.165) is 41.1 Å². The maximum absolute atomic E-state index is 12.2. The minimum absolute atomic E-state index is 0.248. The molecule has 0 bridgehead atoms. The molecule has 2 aromatic rings. The molecule has 1 saturated heterocycles. The molecule has 112 valence electrons. The van der Waals surface area contributed by atoms with E-state index in [2.05, 4.69) is 35.5 Å². The lowest BCUT2D eigenvalue weighted by Crippen LogP contribution is -2.20. The Hall–Kier alpha value is -1.19. The van der Waals surface area contributed by atoms with Gasteiger partial charge in [-0.1, -0.05) is 0 Å². The van der Waals surface area contributed by atoms with Crippen LogP contribution >= 0.6 is 27.3 Å². The van der Waals surface area contributed by atoms with Gasteiger partial charge >= 0.3 is 0 Å². The molecule has 2 aromatic heterocycles. The number of thiophene rings is 1. The fourth-order valence-electron chi connectivity index (χ4n) is 2.10. The first-order valence-corrected chi connectivity index (χ1v) is 9.49. The molecule has 0 unspecified atom stereocenters. The summed E-state index contributed by atoms with van der Waals surface area (Å²) in [6.45, 7) is 1.91. The highest BCUT2D eigenvalue weighted by Crippen LogP contribution is 2.27. The van der Waals surface area contributed by atoms with Crippen LogP contribution in [0.1, 0.15) is 12.8 Å². The Morgan fingerprint density at radius 2 is 1.86 bits per heavy atom. The predicted octanol–water partition coefficient (Wildman–Crippen LogP) is 2.70. The van der Waals surface area contributed by atoms with Crippen molar-refractivity contribution in [2.24, 2.45) is 0 Å². The van der Waals surface area contributed by atoms with Gasteiger partial charge in [0.1, 0.15) is 4.21 Å². The van der Waals surface area contributed by atoms with E-state index >= 15 is 0 Å². The summed E-state index contributed by atoms with van der Waals surface area (Å²) in [5.74, 6) is 0.648. The lowest BCUT2D eigenvalue weighted by atomic mass is 10.4. The van der Waals surface area contributed by atoms with Gasteiger partial charge in [0.05, 0.1) is 21.9 Å². The van der Waals surface area contributed by atoms with E-state index < -0.39 is 10.0 Å². The summed E-state index contributed by atoms with van der Waals surface area (Å²) in [6, 6.07) is 3.25. The van der Waals surface area contributed by atoms with Gasteiger partial charge in [-0.15, -0.1) is 11.3 Å². The van der Waals surface area contributed by atoms with E-state index in [4.69, 9.17) is 0 Å². The van der Waals surface area contributed by atoms with Gasteiger partial charge in [0.15, 0.2) is 0 Å². The summed E-state index contributed by atoms with van der Waals surface area (Å²) < 4.78 is 27.8. The van der Waals surface area contributed by atoms with Gasteiger partial charge < -0.3 is 4.90 Å². The number of hydrogen-bond acceptors (Lipinski definition) is 6. The highest BCUT2D eigenvalue weighted by Gasteiger charge is 2.18. The summed E-state index contributed by atoms with van der Waals surface area (Å²) in [5.41, 5.74) is 0.363. The summed E-state index contributed by atoms with van der Waals surface area (Å²) in [6.07, 6.45) is 5.29. The Bertz CT molecular complexity index is 724. The van der Waals surface area contributed by atoms with Crippen molar-refractivity contribution in [1.82, 2.24) is 9.97 Å². The number of anilines is 2. The maximum atomic E-state index is 12.2. The van der Waals surface area contributed by atoms with Crippen LogP contribution in [0.3, 0.4) is 0 Å². The molecular formula is C12H13BrN4O2S2. The third kappa shape index (κ3) is 3.35.